The first kappa shape index (κ1) is 21.6. The summed E-state index contributed by atoms with van der Waals surface area (Å²) in [4.78, 5) is -0.229. The summed E-state index contributed by atoms with van der Waals surface area (Å²) in [5.41, 5.74) is 1.55. The fourth-order valence-corrected chi connectivity index (χ4v) is 4.69. The molecular weight excluding hydrogens is 431 g/mol. The molecular formula is C20H19FN2O5S2. The topological polar surface area (TPSA) is 102 Å². The van der Waals surface area contributed by atoms with Gasteiger partial charge in [-0.2, -0.15) is 0 Å². The Labute approximate surface area is 174 Å². The van der Waals surface area contributed by atoms with Gasteiger partial charge in [0.2, 0.25) is 0 Å². The van der Waals surface area contributed by atoms with Crippen LogP contribution in [-0.4, -0.2) is 23.9 Å². The standard InChI is InChI=1S/C20H19FN2O5S2/c1-14-3-5-15(6-4-14)22-29(24,25)17-9-7-16(8-10-17)23-30(26,27)18-11-12-19(21)20(13-18)28-2/h3-13,22-23H,1-2H3. The lowest BCUT2D eigenvalue weighted by Crippen LogP contribution is -2.15. The molecule has 0 amide bonds. The van der Waals surface area contributed by atoms with E-state index >= 15 is 0 Å². The summed E-state index contributed by atoms with van der Waals surface area (Å²) in [5.74, 6) is -0.895. The van der Waals surface area contributed by atoms with Gasteiger partial charge in [0.25, 0.3) is 20.0 Å². The quantitative estimate of drug-likeness (QED) is 0.571. The maximum absolute atomic E-state index is 13.5. The zero-order chi connectivity index (χ0) is 21.9. The van der Waals surface area contributed by atoms with E-state index in [-0.39, 0.29) is 21.2 Å². The van der Waals surface area contributed by atoms with Crippen LogP contribution >= 0.6 is 0 Å². The molecule has 2 N–H and O–H groups in total. The largest absolute Gasteiger partial charge is 0.494 e. The van der Waals surface area contributed by atoms with Crippen LogP contribution in [0.4, 0.5) is 15.8 Å². The normalized spacial score (nSPS) is 11.7. The van der Waals surface area contributed by atoms with Gasteiger partial charge < -0.3 is 4.74 Å². The third-order valence-corrected chi connectivity index (χ3v) is 6.93. The molecule has 0 aromatic heterocycles. The van der Waals surface area contributed by atoms with Crippen molar-refractivity contribution in [3.8, 4) is 5.75 Å². The highest BCUT2D eigenvalue weighted by Gasteiger charge is 2.18. The van der Waals surface area contributed by atoms with Crippen molar-refractivity contribution in [2.45, 2.75) is 16.7 Å². The van der Waals surface area contributed by atoms with E-state index in [9.17, 15) is 21.2 Å². The Bertz CT molecular complexity index is 1260. The lowest BCUT2D eigenvalue weighted by atomic mass is 10.2. The third-order valence-electron chi connectivity index (χ3n) is 4.15. The highest BCUT2D eigenvalue weighted by Crippen LogP contribution is 2.24. The molecule has 0 aliphatic heterocycles. The number of methoxy groups -OCH3 is 1. The molecule has 30 heavy (non-hydrogen) atoms. The second-order valence-corrected chi connectivity index (χ2v) is 9.76. The van der Waals surface area contributed by atoms with Gasteiger partial charge >= 0.3 is 0 Å². The van der Waals surface area contributed by atoms with Gasteiger partial charge in [-0.1, -0.05) is 17.7 Å². The van der Waals surface area contributed by atoms with Crippen molar-refractivity contribution >= 4 is 31.4 Å². The molecule has 0 atom stereocenters. The van der Waals surface area contributed by atoms with Crippen LogP contribution in [0.25, 0.3) is 0 Å². The van der Waals surface area contributed by atoms with Crippen LogP contribution in [0.3, 0.4) is 0 Å². The summed E-state index contributed by atoms with van der Waals surface area (Å²) in [6, 6.07) is 15.2. The van der Waals surface area contributed by atoms with Gasteiger partial charge in [-0.15, -0.1) is 0 Å². The van der Waals surface area contributed by atoms with Crippen molar-refractivity contribution in [2.75, 3.05) is 16.6 Å². The van der Waals surface area contributed by atoms with E-state index in [0.717, 1.165) is 23.8 Å². The van der Waals surface area contributed by atoms with Crippen LogP contribution < -0.4 is 14.2 Å². The Morgan fingerprint density at radius 2 is 1.20 bits per heavy atom. The average molecular weight is 451 g/mol. The van der Waals surface area contributed by atoms with Crippen LogP contribution in [0.1, 0.15) is 5.56 Å². The van der Waals surface area contributed by atoms with Gasteiger partial charge in [0.15, 0.2) is 11.6 Å². The number of ether oxygens (including phenoxy) is 1. The van der Waals surface area contributed by atoms with Crippen LogP contribution in [0.15, 0.2) is 76.5 Å². The smallest absolute Gasteiger partial charge is 0.262 e. The monoisotopic (exact) mass is 450 g/mol. The van der Waals surface area contributed by atoms with E-state index in [1.165, 1.54) is 31.4 Å². The minimum atomic E-state index is -4.03. The predicted octanol–water partition coefficient (Wildman–Crippen LogP) is 3.74. The Morgan fingerprint density at radius 1 is 0.733 bits per heavy atom. The number of sulfonamides is 2. The number of nitrogens with one attached hydrogen (secondary N) is 2. The molecule has 0 aliphatic rings. The van der Waals surface area contributed by atoms with Crippen molar-refractivity contribution in [2.24, 2.45) is 0 Å². The summed E-state index contributed by atoms with van der Waals surface area (Å²) in [6.45, 7) is 1.89. The molecule has 0 unspecified atom stereocenters. The molecule has 0 aliphatic carbocycles. The summed E-state index contributed by atoms with van der Waals surface area (Å²) in [6.07, 6.45) is 0. The number of rotatable bonds is 7. The Morgan fingerprint density at radius 3 is 1.73 bits per heavy atom. The lowest BCUT2D eigenvalue weighted by Gasteiger charge is -2.11. The zero-order valence-corrected chi connectivity index (χ0v) is 17.7. The molecule has 158 valence electrons. The van der Waals surface area contributed by atoms with E-state index in [4.69, 9.17) is 4.74 Å². The van der Waals surface area contributed by atoms with E-state index in [1.54, 1.807) is 24.3 Å². The van der Waals surface area contributed by atoms with Crippen molar-refractivity contribution in [3.05, 3.63) is 78.1 Å². The third kappa shape index (κ3) is 4.89. The molecule has 0 radical (unpaired) electrons. The summed E-state index contributed by atoms with van der Waals surface area (Å²) >= 11 is 0. The van der Waals surface area contributed by atoms with Gasteiger partial charge in [0, 0.05) is 17.4 Å². The number of hydrogen-bond donors (Lipinski definition) is 2. The number of halogens is 1. The maximum Gasteiger partial charge on any atom is 0.262 e. The van der Waals surface area contributed by atoms with Crippen LogP contribution in [0, 0.1) is 12.7 Å². The summed E-state index contributed by atoms with van der Waals surface area (Å²) in [5, 5.41) is 0. The highest BCUT2D eigenvalue weighted by atomic mass is 32.2. The van der Waals surface area contributed by atoms with Crippen LogP contribution in [0.2, 0.25) is 0 Å². The van der Waals surface area contributed by atoms with Gasteiger partial charge in [0.05, 0.1) is 16.9 Å². The van der Waals surface area contributed by atoms with Gasteiger partial charge in [0.1, 0.15) is 0 Å². The summed E-state index contributed by atoms with van der Waals surface area (Å²) < 4.78 is 73.1. The Hall–Kier alpha value is -3.11. The molecule has 10 heteroatoms. The molecule has 7 nitrogen and oxygen atoms in total. The molecule has 0 bridgehead atoms. The Kier molecular flexibility index (Phi) is 5.99. The molecule has 0 saturated carbocycles. The molecule has 3 aromatic rings. The van der Waals surface area contributed by atoms with Crippen molar-refractivity contribution in [1.82, 2.24) is 0 Å². The van der Waals surface area contributed by atoms with Gasteiger partial charge in [-0.3, -0.25) is 9.44 Å². The maximum atomic E-state index is 13.5. The first-order valence-electron chi connectivity index (χ1n) is 8.67. The van der Waals surface area contributed by atoms with E-state index in [2.05, 4.69) is 9.44 Å². The number of benzene rings is 3. The van der Waals surface area contributed by atoms with Gasteiger partial charge in [-0.25, -0.2) is 21.2 Å². The zero-order valence-electron chi connectivity index (χ0n) is 16.1. The first-order chi connectivity index (χ1) is 14.1. The van der Waals surface area contributed by atoms with Crippen LogP contribution in [-0.2, 0) is 20.0 Å². The fourth-order valence-electron chi connectivity index (χ4n) is 2.56. The molecule has 3 aromatic carbocycles. The highest BCUT2D eigenvalue weighted by molar-refractivity contribution is 7.93. The second kappa shape index (κ2) is 8.33. The van der Waals surface area contributed by atoms with E-state index < -0.39 is 25.9 Å². The summed E-state index contributed by atoms with van der Waals surface area (Å²) in [7, 11) is -6.64. The molecule has 3 rings (SSSR count). The average Bonchev–Trinajstić information content (AvgIpc) is 2.70. The molecule has 0 saturated heterocycles. The van der Waals surface area contributed by atoms with E-state index in [0.29, 0.717) is 5.69 Å². The van der Waals surface area contributed by atoms with Gasteiger partial charge in [-0.05, 0) is 55.5 Å². The van der Waals surface area contributed by atoms with Crippen molar-refractivity contribution in [3.63, 3.8) is 0 Å². The number of aryl methyl sites for hydroxylation is 1. The second-order valence-electron chi connectivity index (χ2n) is 6.40. The Balaban J connectivity index is 1.79. The lowest BCUT2D eigenvalue weighted by molar-refractivity contribution is 0.385. The fraction of sp³-hybridized carbons (Fsp3) is 0.100. The molecule has 0 spiro atoms. The van der Waals surface area contributed by atoms with Crippen molar-refractivity contribution < 1.29 is 26.0 Å². The minimum absolute atomic E-state index is 0.0329. The molecule has 0 heterocycles. The van der Waals surface area contributed by atoms with Crippen LogP contribution in [0.5, 0.6) is 5.75 Å². The minimum Gasteiger partial charge on any atom is -0.494 e. The predicted molar refractivity (Wildman–Crippen MR) is 112 cm³/mol. The first-order valence-corrected chi connectivity index (χ1v) is 11.6. The molecule has 0 fully saturated rings. The number of anilines is 2. The SMILES string of the molecule is COc1cc(S(=O)(=O)Nc2ccc(S(=O)(=O)Nc3ccc(C)cc3)cc2)ccc1F. The number of hydrogen-bond acceptors (Lipinski definition) is 5. The van der Waals surface area contributed by atoms with Crippen molar-refractivity contribution in [1.29, 1.82) is 0 Å². The van der Waals surface area contributed by atoms with E-state index in [1.807, 2.05) is 6.92 Å².